The first-order chi connectivity index (χ1) is 10.8. The Morgan fingerprint density at radius 2 is 1.09 bits per heavy atom. The summed E-state index contributed by atoms with van der Waals surface area (Å²) < 4.78 is 0. The molecule has 2 aliphatic carbocycles. The Balaban J connectivity index is 1.47. The van der Waals surface area contributed by atoms with Gasteiger partial charge in [0.15, 0.2) is 0 Å². The third-order valence-corrected chi connectivity index (χ3v) is 6.63. The summed E-state index contributed by atoms with van der Waals surface area (Å²) in [4.78, 5) is 0. The molecule has 0 radical (unpaired) electrons. The maximum absolute atomic E-state index is 3.96. The van der Waals surface area contributed by atoms with E-state index in [-0.39, 0.29) is 0 Å². The van der Waals surface area contributed by atoms with Crippen LogP contribution in [0.4, 0.5) is 0 Å². The SMILES string of the molecule is C=CC1CCC(CCCCC2CCC(CCCC)CC2)CC1. The van der Waals surface area contributed by atoms with Gasteiger partial charge in [-0.25, -0.2) is 0 Å². The molecule has 0 nitrogen and oxygen atoms in total. The molecule has 0 amide bonds. The lowest BCUT2D eigenvalue weighted by atomic mass is 9.77. The van der Waals surface area contributed by atoms with E-state index in [2.05, 4.69) is 19.6 Å². The highest BCUT2D eigenvalue weighted by Gasteiger charge is 2.21. The first-order valence-corrected chi connectivity index (χ1v) is 10.4. The van der Waals surface area contributed by atoms with E-state index in [1.807, 2.05) is 0 Å². The second-order valence-corrected chi connectivity index (χ2v) is 8.33. The first kappa shape index (κ1) is 18.1. The van der Waals surface area contributed by atoms with Crippen LogP contribution in [0, 0.1) is 23.7 Å². The molecule has 2 saturated carbocycles. The molecular weight excluding hydrogens is 264 g/mol. The predicted octanol–water partition coefficient (Wildman–Crippen LogP) is 7.54. The summed E-state index contributed by atoms with van der Waals surface area (Å²) in [7, 11) is 0. The van der Waals surface area contributed by atoms with Crippen LogP contribution in [0.1, 0.15) is 103 Å². The number of rotatable bonds is 9. The van der Waals surface area contributed by atoms with Crippen molar-refractivity contribution in [3.63, 3.8) is 0 Å². The minimum atomic E-state index is 0.833. The molecule has 0 aromatic carbocycles. The monoisotopic (exact) mass is 304 g/mol. The Hall–Kier alpha value is -0.260. The van der Waals surface area contributed by atoms with Crippen molar-refractivity contribution < 1.29 is 0 Å². The number of unbranched alkanes of at least 4 members (excludes halogenated alkanes) is 2. The van der Waals surface area contributed by atoms with E-state index in [0.29, 0.717) is 0 Å². The highest BCUT2D eigenvalue weighted by atomic mass is 14.3. The van der Waals surface area contributed by atoms with E-state index in [4.69, 9.17) is 0 Å². The molecule has 0 heterocycles. The standard InChI is InChI=1S/C22H40/c1-3-5-8-20-15-17-22(18-16-20)10-7-6-9-21-13-11-19(4-2)12-14-21/h4,19-22H,2-3,5-18H2,1H3. The van der Waals surface area contributed by atoms with E-state index in [1.165, 1.54) is 83.5 Å². The minimum absolute atomic E-state index is 0.833. The van der Waals surface area contributed by atoms with Crippen LogP contribution >= 0.6 is 0 Å². The molecule has 22 heavy (non-hydrogen) atoms. The summed E-state index contributed by atoms with van der Waals surface area (Å²) in [5, 5.41) is 0. The summed E-state index contributed by atoms with van der Waals surface area (Å²) in [6.45, 7) is 6.29. The molecule has 2 rings (SSSR count). The molecular formula is C22H40. The quantitative estimate of drug-likeness (QED) is 0.305. The largest absolute Gasteiger partial charge is 0.103 e. The fourth-order valence-electron chi connectivity index (χ4n) is 4.88. The average molecular weight is 305 g/mol. The second kappa shape index (κ2) is 10.5. The van der Waals surface area contributed by atoms with Crippen molar-refractivity contribution in [2.45, 2.75) is 103 Å². The van der Waals surface area contributed by atoms with E-state index in [0.717, 1.165) is 23.7 Å². The maximum Gasteiger partial charge on any atom is -0.0236 e. The fraction of sp³-hybridized carbons (Fsp3) is 0.909. The van der Waals surface area contributed by atoms with Crippen molar-refractivity contribution in [2.75, 3.05) is 0 Å². The van der Waals surface area contributed by atoms with Crippen molar-refractivity contribution in [3.05, 3.63) is 12.7 Å². The second-order valence-electron chi connectivity index (χ2n) is 8.33. The zero-order chi connectivity index (χ0) is 15.6. The fourth-order valence-corrected chi connectivity index (χ4v) is 4.88. The maximum atomic E-state index is 3.96. The van der Waals surface area contributed by atoms with E-state index < -0.39 is 0 Å². The Labute approximate surface area is 140 Å². The molecule has 0 heteroatoms. The normalized spacial score (nSPS) is 32.8. The van der Waals surface area contributed by atoms with Crippen molar-refractivity contribution in [2.24, 2.45) is 23.7 Å². The van der Waals surface area contributed by atoms with Gasteiger partial charge in [-0.1, -0.05) is 83.6 Å². The average Bonchev–Trinajstić information content (AvgIpc) is 2.58. The summed E-state index contributed by atoms with van der Waals surface area (Å²) in [5.41, 5.74) is 0. The van der Waals surface area contributed by atoms with Crippen LogP contribution < -0.4 is 0 Å². The molecule has 0 atom stereocenters. The molecule has 128 valence electrons. The van der Waals surface area contributed by atoms with Gasteiger partial charge in [-0.15, -0.1) is 6.58 Å². The first-order valence-electron chi connectivity index (χ1n) is 10.4. The number of allylic oxidation sites excluding steroid dienone is 1. The predicted molar refractivity (Wildman–Crippen MR) is 99.1 cm³/mol. The van der Waals surface area contributed by atoms with Gasteiger partial charge in [-0.2, -0.15) is 0 Å². The molecule has 2 aliphatic rings. The summed E-state index contributed by atoms with van der Waals surface area (Å²) in [5.74, 6) is 4.03. The van der Waals surface area contributed by atoms with Crippen LogP contribution in [-0.4, -0.2) is 0 Å². The van der Waals surface area contributed by atoms with Gasteiger partial charge in [0.2, 0.25) is 0 Å². The third-order valence-electron chi connectivity index (χ3n) is 6.63. The van der Waals surface area contributed by atoms with Gasteiger partial charge >= 0.3 is 0 Å². The topological polar surface area (TPSA) is 0 Å². The molecule has 0 aromatic heterocycles. The summed E-state index contributed by atoms with van der Waals surface area (Å²) >= 11 is 0. The van der Waals surface area contributed by atoms with Crippen molar-refractivity contribution in [3.8, 4) is 0 Å². The number of hydrogen-bond acceptors (Lipinski definition) is 0. The molecule has 0 bridgehead atoms. The molecule has 0 spiro atoms. The van der Waals surface area contributed by atoms with Gasteiger partial charge in [0.25, 0.3) is 0 Å². The Morgan fingerprint density at radius 3 is 1.50 bits per heavy atom. The molecule has 0 saturated heterocycles. The van der Waals surface area contributed by atoms with Gasteiger partial charge in [0, 0.05) is 0 Å². The van der Waals surface area contributed by atoms with Crippen LogP contribution in [0.15, 0.2) is 12.7 Å². The summed E-state index contributed by atoms with van der Waals surface area (Å²) in [6.07, 6.45) is 24.5. The highest BCUT2D eigenvalue weighted by Crippen LogP contribution is 2.36. The van der Waals surface area contributed by atoms with Gasteiger partial charge < -0.3 is 0 Å². The van der Waals surface area contributed by atoms with Gasteiger partial charge in [-0.3, -0.25) is 0 Å². The molecule has 0 N–H and O–H groups in total. The lowest BCUT2D eigenvalue weighted by Gasteiger charge is -2.29. The van der Waals surface area contributed by atoms with Gasteiger partial charge in [0.1, 0.15) is 0 Å². The molecule has 0 aliphatic heterocycles. The van der Waals surface area contributed by atoms with Crippen LogP contribution in [0.2, 0.25) is 0 Å². The van der Waals surface area contributed by atoms with Crippen molar-refractivity contribution >= 4 is 0 Å². The van der Waals surface area contributed by atoms with Crippen LogP contribution in [0.3, 0.4) is 0 Å². The zero-order valence-corrected chi connectivity index (χ0v) is 15.2. The molecule has 2 fully saturated rings. The smallest absolute Gasteiger partial charge is 0.0236 e. The lowest BCUT2D eigenvalue weighted by molar-refractivity contribution is 0.240. The zero-order valence-electron chi connectivity index (χ0n) is 15.2. The van der Waals surface area contributed by atoms with Crippen molar-refractivity contribution in [1.29, 1.82) is 0 Å². The molecule has 0 unspecified atom stereocenters. The van der Waals surface area contributed by atoms with Gasteiger partial charge in [0.05, 0.1) is 0 Å². The number of hydrogen-bond donors (Lipinski definition) is 0. The van der Waals surface area contributed by atoms with Crippen LogP contribution in [0.25, 0.3) is 0 Å². The van der Waals surface area contributed by atoms with Crippen LogP contribution in [0.5, 0.6) is 0 Å². The van der Waals surface area contributed by atoms with Crippen molar-refractivity contribution in [1.82, 2.24) is 0 Å². The Bertz CT molecular complexity index is 276. The third kappa shape index (κ3) is 6.47. The Kier molecular flexibility index (Phi) is 8.63. The van der Waals surface area contributed by atoms with E-state index >= 15 is 0 Å². The minimum Gasteiger partial charge on any atom is -0.103 e. The van der Waals surface area contributed by atoms with Gasteiger partial charge in [-0.05, 0) is 49.4 Å². The van der Waals surface area contributed by atoms with E-state index in [9.17, 15) is 0 Å². The van der Waals surface area contributed by atoms with Crippen LogP contribution in [-0.2, 0) is 0 Å². The molecule has 0 aromatic rings. The highest BCUT2D eigenvalue weighted by molar-refractivity contribution is 4.84. The lowest BCUT2D eigenvalue weighted by Crippen LogP contribution is -2.15. The van der Waals surface area contributed by atoms with E-state index in [1.54, 1.807) is 12.8 Å². The summed E-state index contributed by atoms with van der Waals surface area (Å²) in [6, 6.07) is 0. The Morgan fingerprint density at radius 1 is 0.682 bits per heavy atom.